The van der Waals surface area contributed by atoms with Crippen LogP contribution in [-0.4, -0.2) is 31.1 Å². The first-order valence-electron chi connectivity index (χ1n) is 7.85. The van der Waals surface area contributed by atoms with Gasteiger partial charge in [0.25, 0.3) is 0 Å². The Morgan fingerprint density at radius 2 is 2.25 bits per heavy atom. The van der Waals surface area contributed by atoms with E-state index in [1.807, 2.05) is 0 Å². The molecule has 3 rings (SSSR count). The van der Waals surface area contributed by atoms with Gasteiger partial charge in [-0.3, -0.25) is 0 Å². The zero-order valence-electron chi connectivity index (χ0n) is 12.6. The number of benzene rings is 1. The standard InChI is InChI=1S/C17H26N2O/c1-12-5-4-8-19(9-12)10-14-11-20-17-13(2)6-3-7-15(17)16(14)18/h3,6-7,12,14,16H,4-5,8-11,18H2,1-2H3. The Kier molecular flexibility index (Phi) is 3.99. The molecule has 2 aliphatic heterocycles. The average molecular weight is 274 g/mol. The number of nitrogens with zero attached hydrogens (tertiary/aromatic N) is 1. The Bertz CT molecular complexity index is 474. The fourth-order valence-corrected chi connectivity index (χ4v) is 3.63. The summed E-state index contributed by atoms with van der Waals surface area (Å²) >= 11 is 0. The number of hydrogen-bond acceptors (Lipinski definition) is 3. The molecule has 0 saturated carbocycles. The van der Waals surface area contributed by atoms with Crippen LogP contribution < -0.4 is 10.5 Å². The number of nitrogens with two attached hydrogens (primary N) is 1. The van der Waals surface area contributed by atoms with Crippen molar-refractivity contribution in [2.75, 3.05) is 26.2 Å². The van der Waals surface area contributed by atoms with Crippen molar-refractivity contribution in [2.24, 2.45) is 17.6 Å². The third-order valence-corrected chi connectivity index (χ3v) is 4.78. The second-order valence-corrected chi connectivity index (χ2v) is 6.60. The van der Waals surface area contributed by atoms with E-state index in [-0.39, 0.29) is 6.04 Å². The third kappa shape index (κ3) is 2.70. The van der Waals surface area contributed by atoms with Crippen molar-refractivity contribution in [3.05, 3.63) is 29.3 Å². The maximum Gasteiger partial charge on any atom is 0.126 e. The first-order chi connectivity index (χ1) is 9.65. The summed E-state index contributed by atoms with van der Waals surface area (Å²) in [4.78, 5) is 2.57. The Morgan fingerprint density at radius 3 is 3.05 bits per heavy atom. The molecule has 1 fully saturated rings. The lowest BCUT2D eigenvalue weighted by molar-refractivity contribution is 0.109. The van der Waals surface area contributed by atoms with E-state index in [1.54, 1.807) is 0 Å². The first-order valence-corrected chi connectivity index (χ1v) is 7.85. The van der Waals surface area contributed by atoms with Crippen molar-refractivity contribution >= 4 is 0 Å². The van der Waals surface area contributed by atoms with Crippen molar-refractivity contribution in [2.45, 2.75) is 32.7 Å². The Morgan fingerprint density at radius 1 is 1.40 bits per heavy atom. The molecule has 110 valence electrons. The summed E-state index contributed by atoms with van der Waals surface area (Å²) in [5.74, 6) is 2.25. The smallest absolute Gasteiger partial charge is 0.126 e. The Hall–Kier alpha value is -1.06. The van der Waals surface area contributed by atoms with Crippen LogP contribution in [0.2, 0.25) is 0 Å². The topological polar surface area (TPSA) is 38.5 Å². The highest BCUT2D eigenvalue weighted by Crippen LogP contribution is 2.36. The Labute approximate surface area is 122 Å². The van der Waals surface area contributed by atoms with E-state index in [0.717, 1.165) is 24.8 Å². The maximum atomic E-state index is 6.50. The molecule has 3 unspecified atom stereocenters. The molecular formula is C17H26N2O. The number of aryl methyl sites for hydroxylation is 1. The monoisotopic (exact) mass is 274 g/mol. The van der Waals surface area contributed by atoms with Crippen LogP contribution in [0.15, 0.2) is 18.2 Å². The fraction of sp³-hybridized carbons (Fsp3) is 0.647. The molecule has 0 radical (unpaired) electrons. The summed E-state index contributed by atoms with van der Waals surface area (Å²) in [6.45, 7) is 8.70. The van der Waals surface area contributed by atoms with Gasteiger partial charge in [0.15, 0.2) is 0 Å². The van der Waals surface area contributed by atoms with Gasteiger partial charge in [0, 0.05) is 30.6 Å². The molecule has 0 spiro atoms. The molecule has 20 heavy (non-hydrogen) atoms. The quantitative estimate of drug-likeness (QED) is 0.901. The van der Waals surface area contributed by atoms with Crippen LogP contribution in [-0.2, 0) is 0 Å². The summed E-state index contributed by atoms with van der Waals surface area (Å²) in [5, 5.41) is 0. The van der Waals surface area contributed by atoms with Gasteiger partial charge < -0.3 is 15.4 Å². The van der Waals surface area contributed by atoms with Crippen LogP contribution in [0.3, 0.4) is 0 Å². The number of ether oxygens (including phenoxy) is 1. The number of rotatable bonds is 2. The fourth-order valence-electron chi connectivity index (χ4n) is 3.63. The van der Waals surface area contributed by atoms with Gasteiger partial charge in [-0.15, -0.1) is 0 Å². The van der Waals surface area contributed by atoms with Crippen molar-refractivity contribution in [1.29, 1.82) is 0 Å². The lowest BCUT2D eigenvalue weighted by Crippen LogP contribution is -2.43. The van der Waals surface area contributed by atoms with E-state index < -0.39 is 0 Å². The van der Waals surface area contributed by atoms with Crippen LogP contribution in [0.25, 0.3) is 0 Å². The van der Waals surface area contributed by atoms with Gasteiger partial charge in [0.05, 0.1) is 6.61 Å². The molecular weight excluding hydrogens is 248 g/mol. The van der Waals surface area contributed by atoms with Gasteiger partial charge in [-0.25, -0.2) is 0 Å². The van der Waals surface area contributed by atoms with E-state index in [1.165, 1.54) is 37.1 Å². The average Bonchev–Trinajstić information content (AvgIpc) is 2.43. The van der Waals surface area contributed by atoms with Crippen LogP contribution in [0.4, 0.5) is 0 Å². The summed E-state index contributed by atoms with van der Waals surface area (Å²) in [6.07, 6.45) is 2.69. The van der Waals surface area contributed by atoms with E-state index in [4.69, 9.17) is 10.5 Å². The van der Waals surface area contributed by atoms with Gasteiger partial charge >= 0.3 is 0 Å². The number of piperidine rings is 1. The molecule has 0 amide bonds. The molecule has 1 saturated heterocycles. The molecule has 0 aromatic heterocycles. The normalized spacial score (nSPS) is 30.6. The Balaban J connectivity index is 1.70. The second-order valence-electron chi connectivity index (χ2n) is 6.60. The number of likely N-dealkylation sites (tertiary alicyclic amines) is 1. The first kappa shape index (κ1) is 13.9. The lowest BCUT2D eigenvalue weighted by atomic mass is 9.89. The summed E-state index contributed by atoms with van der Waals surface area (Å²) in [6, 6.07) is 6.41. The molecule has 1 aromatic carbocycles. The number of fused-ring (bicyclic) bond motifs is 1. The third-order valence-electron chi connectivity index (χ3n) is 4.78. The molecule has 3 heteroatoms. The molecule has 2 aliphatic rings. The highest BCUT2D eigenvalue weighted by atomic mass is 16.5. The van der Waals surface area contributed by atoms with Crippen molar-refractivity contribution in [3.8, 4) is 5.75 Å². The van der Waals surface area contributed by atoms with E-state index in [0.29, 0.717) is 5.92 Å². The largest absolute Gasteiger partial charge is 0.493 e. The molecule has 0 bridgehead atoms. The molecule has 2 heterocycles. The minimum atomic E-state index is 0.107. The summed E-state index contributed by atoms with van der Waals surface area (Å²) in [7, 11) is 0. The highest BCUT2D eigenvalue weighted by molar-refractivity contribution is 5.44. The van der Waals surface area contributed by atoms with Crippen LogP contribution in [0.5, 0.6) is 5.75 Å². The second kappa shape index (κ2) is 5.74. The van der Waals surface area contributed by atoms with E-state index >= 15 is 0 Å². The van der Waals surface area contributed by atoms with Crippen molar-refractivity contribution in [3.63, 3.8) is 0 Å². The zero-order chi connectivity index (χ0) is 14.1. The molecule has 2 N–H and O–H groups in total. The van der Waals surface area contributed by atoms with Crippen LogP contribution >= 0.6 is 0 Å². The SMILES string of the molecule is Cc1cccc2c1OCC(CN1CCCC(C)C1)C2N. The minimum absolute atomic E-state index is 0.107. The van der Waals surface area contributed by atoms with E-state index in [2.05, 4.69) is 36.9 Å². The number of para-hydroxylation sites is 1. The maximum absolute atomic E-state index is 6.50. The van der Waals surface area contributed by atoms with Crippen LogP contribution in [0, 0.1) is 18.8 Å². The zero-order valence-corrected chi connectivity index (χ0v) is 12.6. The molecule has 0 aliphatic carbocycles. The van der Waals surface area contributed by atoms with Crippen LogP contribution in [0.1, 0.15) is 36.9 Å². The predicted molar refractivity (Wildman–Crippen MR) is 81.9 cm³/mol. The van der Waals surface area contributed by atoms with Crippen molar-refractivity contribution in [1.82, 2.24) is 4.90 Å². The summed E-state index contributed by atoms with van der Waals surface area (Å²) < 4.78 is 6.00. The predicted octanol–water partition coefficient (Wildman–Crippen LogP) is 2.74. The number of hydrogen-bond donors (Lipinski definition) is 1. The van der Waals surface area contributed by atoms with Crippen molar-refractivity contribution < 1.29 is 4.74 Å². The molecule has 3 nitrogen and oxygen atoms in total. The molecule has 1 aromatic rings. The summed E-state index contributed by atoms with van der Waals surface area (Å²) in [5.41, 5.74) is 8.89. The highest BCUT2D eigenvalue weighted by Gasteiger charge is 2.31. The lowest BCUT2D eigenvalue weighted by Gasteiger charge is -2.38. The van der Waals surface area contributed by atoms with Gasteiger partial charge in [0.2, 0.25) is 0 Å². The van der Waals surface area contributed by atoms with Gasteiger partial charge in [-0.05, 0) is 37.8 Å². The van der Waals surface area contributed by atoms with Gasteiger partial charge in [-0.2, -0.15) is 0 Å². The van der Waals surface area contributed by atoms with Gasteiger partial charge in [-0.1, -0.05) is 25.1 Å². The van der Waals surface area contributed by atoms with Gasteiger partial charge in [0.1, 0.15) is 5.75 Å². The minimum Gasteiger partial charge on any atom is -0.493 e. The molecule has 3 atom stereocenters. The van der Waals surface area contributed by atoms with E-state index in [9.17, 15) is 0 Å².